The van der Waals surface area contributed by atoms with E-state index >= 15 is 0 Å². The Bertz CT molecular complexity index is 1090. The predicted octanol–water partition coefficient (Wildman–Crippen LogP) is 4.53. The third kappa shape index (κ3) is 3.60. The zero-order chi connectivity index (χ0) is 22.0. The molecule has 2 heterocycles. The van der Waals surface area contributed by atoms with Crippen LogP contribution in [0.2, 0.25) is 0 Å². The first-order chi connectivity index (χ1) is 15.1. The molecule has 3 aromatic rings. The number of aromatic amines is 1. The van der Waals surface area contributed by atoms with Crippen LogP contribution in [0.4, 0.5) is 0 Å². The van der Waals surface area contributed by atoms with Crippen LogP contribution >= 0.6 is 0 Å². The van der Waals surface area contributed by atoms with E-state index in [1.165, 1.54) is 0 Å². The Hall–Kier alpha value is -3.48. The highest BCUT2D eigenvalue weighted by atomic mass is 16.5. The number of phenols is 1. The Morgan fingerprint density at radius 3 is 2.61 bits per heavy atom. The van der Waals surface area contributed by atoms with Gasteiger partial charge in [-0.3, -0.25) is 9.89 Å². The van der Waals surface area contributed by atoms with Crippen molar-refractivity contribution in [3.63, 3.8) is 0 Å². The fraction of sp³-hybridized carbons (Fsp3) is 0.333. The van der Waals surface area contributed by atoms with Crippen molar-refractivity contribution in [1.29, 1.82) is 0 Å². The number of para-hydroxylation sites is 1. The predicted molar refractivity (Wildman–Crippen MR) is 118 cm³/mol. The normalized spacial score (nSPS) is 15.3. The van der Waals surface area contributed by atoms with Crippen molar-refractivity contribution in [3.8, 4) is 28.5 Å². The van der Waals surface area contributed by atoms with Crippen LogP contribution in [0, 0.1) is 0 Å². The van der Waals surface area contributed by atoms with Gasteiger partial charge in [0, 0.05) is 17.7 Å². The summed E-state index contributed by atoms with van der Waals surface area (Å²) in [5.41, 5.74) is 3.28. The van der Waals surface area contributed by atoms with Crippen molar-refractivity contribution < 1.29 is 19.4 Å². The van der Waals surface area contributed by atoms with Crippen LogP contribution in [-0.2, 0) is 0 Å². The SMILES string of the molecule is CCCOc1ccc([C@@H]2c3c(-c4ccccc4O)n[nH]c3C(=O)N2CC)cc1OCC. The number of fused-ring (bicyclic) bond motifs is 1. The van der Waals surface area contributed by atoms with Crippen molar-refractivity contribution >= 4 is 5.91 Å². The topological polar surface area (TPSA) is 87.7 Å². The largest absolute Gasteiger partial charge is 0.507 e. The molecule has 0 spiro atoms. The average molecular weight is 421 g/mol. The molecule has 4 rings (SSSR count). The van der Waals surface area contributed by atoms with Gasteiger partial charge >= 0.3 is 0 Å². The van der Waals surface area contributed by atoms with Crippen LogP contribution in [0.1, 0.15) is 54.8 Å². The Balaban J connectivity index is 1.84. The summed E-state index contributed by atoms with van der Waals surface area (Å²) in [4.78, 5) is 14.9. The minimum Gasteiger partial charge on any atom is -0.507 e. The lowest BCUT2D eigenvalue weighted by Crippen LogP contribution is -2.29. The Morgan fingerprint density at radius 1 is 1.10 bits per heavy atom. The van der Waals surface area contributed by atoms with Crippen LogP contribution in [-0.4, -0.2) is 45.9 Å². The fourth-order valence-corrected chi connectivity index (χ4v) is 4.04. The average Bonchev–Trinajstić information content (AvgIpc) is 3.32. The van der Waals surface area contributed by atoms with Crippen molar-refractivity contribution in [1.82, 2.24) is 15.1 Å². The highest BCUT2D eigenvalue weighted by Crippen LogP contribution is 2.45. The van der Waals surface area contributed by atoms with Crippen LogP contribution < -0.4 is 9.47 Å². The van der Waals surface area contributed by atoms with Crippen molar-refractivity contribution in [2.24, 2.45) is 0 Å². The van der Waals surface area contributed by atoms with Gasteiger partial charge in [-0.2, -0.15) is 5.10 Å². The smallest absolute Gasteiger partial charge is 0.273 e. The summed E-state index contributed by atoms with van der Waals surface area (Å²) in [6.45, 7) is 7.58. The Labute approximate surface area is 181 Å². The minimum atomic E-state index is -0.347. The van der Waals surface area contributed by atoms with E-state index in [1.54, 1.807) is 23.1 Å². The summed E-state index contributed by atoms with van der Waals surface area (Å²) in [5, 5.41) is 17.7. The molecular formula is C24H27N3O4. The molecule has 1 aliphatic heterocycles. The molecule has 1 amide bonds. The maximum atomic E-state index is 13.1. The van der Waals surface area contributed by atoms with E-state index in [-0.39, 0.29) is 17.7 Å². The number of amides is 1. The molecule has 2 N–H and O–H groups in total. The molecule has 0 unspecified atom stereocenters. The number of hydrogen-bond acceptors (Lipinski definition) is 5. The summed E-state index contributed by atoms with van der Waals surface area (Å²) < 4.78 is 11.7. The van der Waals surface area contributed by atoms with Crippen molar-refractivity contribution in [2.75, 3.05) is 19.8 Å². The van der Waals surface area contributed by atoms with Gasteiger partial charge in [-0.15, -0.1) is 0 Å². The van der Waals surface area contributed by atoms with Crippen molar-refractivity contribution in [2.45, 2.75) is 33.2 Å². The number of aromatic hydroxyl groups is 1. The van der Waals surface area contributed by atoms with Gasteiger partial charge in [0.2, 0.25) is 0 Å². The molecule has 0 saturated carbocycles. The number of benzene rings is 2. The second kappa shape index (κ2) is 8.71. The quantitative estimate of drug-likeness (QED) is 0.558. The zero-order valence-electron chi connectivity index (χ0n) is 18.0. The van der Waals surface area contributed by atoms with E-state index in [0.717, 1.165) is 17.5 Å². The molecule has 162 valence electrons. The van der Waals surface area contributed by atoms with E-state index in [9.17, 15) is 9.90 Å². The summed E-state index contributed by atoms with van der Waals surface area (Å²) in [5.74, 6) is 1.35. The number of carbonyl (C=O) groups excluding carboxylic acids is 1. The molecule has 1 aromatic heterocycles. The van der Waals surface area contributed by atoms with Gasteiger partial charge in [0.05, 0.1) is 19.3 Å². The molecule has 1 atom stereocenters. The summed E-state index contributed by atoms with van der Waals surface area (Å²) in [7, 11) is 0. The number of nitrogens with one attached hydrogen (secondary N) is 1. The van der Waals surface area contributed by atoms with E-state index in [4.69, 9.17) is 9.47 Å². The molecule has 7 nitrogen and oxygen atoms in total. The molecule has 0 fully saturated rings. The first-order valence-electron chi connectivity index (χ1n) is 10.7. The highest BCUT2D eigenvalue weighted by molar-refractivity contribution is 6.00. The van der Waals surface area contributed by atoms with Gasteiger partial charge in [-0.05, 0) is 50.1 Å². The number of hydrogen-bond donors (Lipinski definition) is 2. The number of rotatable bonds is 8. The highest BCUT2D eigenvalue weighted by Gasteiger charge is 2.42. The van der Waals surface area contributed by atoms with Gasteiger partial charge in [0.15, 0.2) is 11.5 Å². The van der Waals surface area contributed by atoms with E-state index in [1.807, 2.05) is 38.1 Å². The number of phenolic OH excluding ortho intramolecular Hbond substituents is 1. The molecule has 2 aromatic carbocycles. The number of nitrogens with zero attached hydrogens (tertiary/aromatic N) is 2. The molecule has 0 saturated heterocycles. The van der Waals surface area contributed by atoms with Gasteiger partial charge < -0.3 is 19.5 Å². The first kappa shape index (κ1) is 20.8. The van der Waals surface area contributed by atoms with Crippen LogP contribution in [0.3, 0.4) is 0 Å². The summed E-state index contributed by atoms with van der Waals surface area (Å²) in [6.07, 6.45) is 0.899. The van der Waals surface area contributed by atoms with Crippen molar-refractivity contribution in [3.05, 3.63) is 59.3 Å². The van der Waals surface area contributed by atoms with E-state index < -0.39 is 0 Å². The lowest BCUT2D eigenvalue weighted by Gasteiger charge is -2.26. The monoisotopic (exact) mass is 421 g/mol. The first-order valence-corrected chi connectivity index (χ1v) is 10.7. The fourth-order valence-electron chi connectivity index (χ4n) is 4.04. The Morgan fingerprint density at radius 2 is 1.90 bits per heavy atom. The van der Waals surface area contributed by atoms with Gasteiger partial charge in [0.1, 0.15) is 17.1 Å². The minimum absolute atomic E-state index is 0.110. The number of carbonyl (C=O) groups is 1. The molecule has 0 aliphatic carbocycles. The number of aromatic nitrogens is 2. The number of ether oxygens (including phenoxy) is 2. The van der Waals surface area contributed by atoms with Gasteiger partial charge in [-0.1, -0.05) is 25.1 Å². The van der Waals surface area contributed by atoms with Crippen LogP contribution in [0.5, 0.6) is 17.2 Å². The van der Waals surface area contributed by atoms with E-state index in [2.05, 4.69) is 17.1 Å². The standard InChI is InChI=1S/C24H27N3O4/c1-4-13-31-18-12-11-15(14-19(18)30-6-3)23-20-21(16-9-7-8-10-17(16)28)25-26-22(20)24(29)27(23)5-2/h7-12,14,23,28H,4-6,13H2,1-3H3,(H,25,26)/t23-/m1/s1. The molecule has 7 heteroatoms. The third-order valence-electron chi connectivity index (χ3n) is 5.41. The molecule has 1 aliphatic rings. The molecule has 31 heavy (non-hydrogen) atoms. The lowest BCUT2D eigenvalue weighted by atomic mass is 9.95. The Kier molecular flexibility index (Phi) is 5.84. The summed E-state index contributed by atoms with van der Waals surface area (Å²) in [6, 6.07) is 12.5. The van der Waals surface area contributed by atoms with Crippen LogP contribution in [0.25, 0.3) is 11.3 Å². The second-order valence-corrected chi connectivity index (χ2v) is 7.36. The molecule has 0 bridgehead atoms. The second-order valence-electron chi connectivity index (χ2n) is 7.36. The summed E-state index contributed by atoms with van der Waals surface area (Å²) >= 11 is 0. The van der Waals surface area contributed by atoms with Crippen LogP contribution in [0.15, 0.2) is 42.5 Å². The molecular weight excluding hydrogens is 394 g/mol. The third-order valence-corrected chi connectivity index (χ3v) is 5.41. The maximum absolute atomic E-state index is 13.1. The van der Waals surface area contributed by atoms with Gasteiger partial charge in [0.25, 0.3) is 5.91 Å². The van der Waals surface area contributed by atoms with E-state index in [0.29, 0.717) is 48.2 Å². The number of H-pyrrole nitrogens is 1. The zero-order valence-corrected chi connectivity index (χ0v) is 18.0. The van der Waals surface area contributed by atoms with Gasteiger partial charge in [-0.25, -0.2) is 0 Å². The maximum Gasteiger partial charge on any atom is 0.273 e. The molecule has 0 radical (unpaired) electrons. The lowest BCUT2D eigenvalue weighted by molar-refractivity contribution is 0.0753.